The molecule has 0 saturated heterocycles. The van der Waals surface area contributed by atoms with Crippen LogP contribution < -0.4 is 11.1 Å². The van der Waals surface area contributed by atoms with Gasteiger partial charge in [-0.15, -0.1) is 0 Å². The predicted octanol–water partition coefficient (Wildman–Crippen LogP) is -1.62. The topological polar surface area (TPSA) is 391 Å². The molecule has 1 amide bonds. The first kappa shape index (κ1) is 52.2. The van der Waals surface area contributed by atoms with Gasteiger partial charge in [0.25, 0.3) is 35.8 Å². The van der Waals surface area contributed by atoms with E-state index in [1.807, 2.05) is 5.32 Å². The van der Waals surface area contributed by atoms with Crippen LogP contribution >= 0.6 is 0 Å². The third-order valence-corrected chi connectivity index (χ3v) is 1.84. The molecule has 0 aromatic carbocycles. The second-order valence-corrected chi connectivity index (χ2v) is 6.29. The molecule has 0 aliphatic heterocycles. The highest BCUT2D eigenvalue weighted by Gasteiger charge is 2.31. The molecule has 41 heavy (non-hydrogen) atoms. The number of hydrogen-bond acceptors (Lipinski definition) is 11. The van der Waals surface area contributed by atoms with Gasteiger partial charge in [0.15, 0.2) is 0 Å². The minimum Gasteiger partial charge on any atom is -0.481 e. The predicted molar refractivity (Wildman–Crippen MR) is 132 cm³/mol. The molecule has 0 spiro atoms. The molecule has 0 aromatic rings. The molecule has 0 heterocycles. The van der Waals surface area contributed by atoms with Crippen molar-refractivity contribution in [3.05, 3.63) is 0 Å². The van der Waals surface area contributed by atoms with Crippen molar-refractivity contribution in [1.82, 2.24) is 5.32 Å². The highest BCUT2D eigenvalue weighted by Crippen LogP contribution is 2.00. The molecule has 0 radical (unpaired) electrons. The van der Waals surface area contributed by atoms with Crippen LogP contribution in [0.4, 0.5) is 0 Å². The number of aliphatic carboxylic acids is 9. The van der Waals surface area contributed by atoms with Crippen LogP contribution in [0, 0.1) is 0 Å². The summed E-state index contributed by atoms with van der Waals surface area (Å²) in [6, 6.07) is -3.52. The Balaban J connectivity index is -0.0000000784. The fraction of sp³-hybridized carbons (Fsp3) is 0.500. The molecule has 240 valence electrons. The normalized spacial score (nSPS) is 8.66. The van der Waals surface area contributed by atoms with Crippen LogP contribution in [0.25, 0.3) is 0 Å². The molecule has 0 rings (SSSR count). The number of hydrogen-bond donors (Lipinski definition) is 11. The minimum atomic E-state index is -2.05. The third-order valence-electron chi connectivity index (χ3n) is 1.84. The van der Waals surface area contributed by atoms with Crippen molar-refractivity contribution in [3.63, 3.8) is 0 Å². The van der Waals surface area contributed by atoms with Crippen LogP contribution in [0.5, 0.6) is 0 Å². The van der Waals surface area contributed by atoms with Crippen molar-refractivity contribution < 1.29 is 93.9 Å². The molecule has 1 atom stereocenters. The lowest BCUT2D eigenvalue weighted by Crippen LogP contribution is -2.51. The zero-order valence-electron chi connectivity index (χ0n) is 22.8. The number of carboxylic acids is 9. The van der Waals surface area contributed by atoms with Crippen LogP contribution in [-0.2, 0) is 47.9 Å². The number of rotatable bonds is 8. The number of amides is 1. The summed E-state index contributed by atoms with van der Waals surface area (Å²) >= 11 is 0. The summed E-state index contributed by atoms with van der Waals surface area (Å²) in [5.41, 5.74) is 4.80. The number of primary amides is 1. The first-order valence-electron chi connectivity index (χ1n) is 10.0. The van der Waals surface area contributed by atoms with E-state index in [-0.39, 0.29) is 12.8 Å². The van der Waals surface area contributed by atoms with Gasteiger partial charge in [0.05, 0.1) is 0 Å². The van der Waals surface area contributed by atoms with Gasteiger partial charge in [-0.1, -0.05) is 0 Å². The summed E-state index contributed by atoms with van der Waals surface area (Å²) in [6.07, 6.45) is -0.586. The first-order valence-corrected chi connectivity index (χ1v) is 10.0. The largest absolute Gasteiger partial charge is 0.481 e. The maximum atomic E-state index is 10.7. The second-order valence-electron chi connectivity index (χ2n) is 6.29. The van der Waals surface area contributed by atoms with E-state index in [0.717, 1.165) is 41.5 Å². The number of nitrogens with two attached hydrogens (primary N) is 1. The summed E-state index contributed by atoms with van der Waals surface area (Å²) < 4.78 is 0. The molecule has 0 aromatic heterocycles. The quantitative estimate of drug-likeness (QED) is 0.138. The maximum Gasteiger partial charge on any atom is 0.332 e. The minimum absolute atomic E-state index is 0.290. The van der Waals surface area contributed by atoms with Gasteiger partial charge in [-0.2, -0.15) is 0 Å². The Labute approximate surface area is 231 Å². The van der Waals surface area contributed by atoms with Gasteiger partial charge in [0.1, 0.15) is 6.04 Å². The molecule has 0 aliphatic rings. The summed E-state index contributed by atoms with van der Waals surface area (Å²) in [5, 5.41) is 72.1. The van der Waals surface area contributed by atoms with Gasteiger partial charge < -0.3 is 51.7 Å². The fourth-order valence-corrected chi connectivity index (χ4v) is 1.01. The maximum absolute atomic E-state index is 10.7. The smallest absolute Gasteiger partial charge is 0.332 e. The summed E-state index contributed by atoms with van der Waals surface area (Å²) in [7, 11) is 0. The lowest BCUT2D eigenvalue weighted by molar-refractivity contribution is -0.152. The lowest BCUT2D eigenvalue weighted by atomic mass is 10.1. The number of nitrogens with one attached hydrogen (secondary N) is 1. The van der Waals surface area contributed by atoms with Gasteiger partial charge in [-0.25, -0.2) is 9.59 Å². The third kappa shape index (κ3) is 151. The summed E-state index contributed by atoms with van der Waals surface area (Å²) in [5.74, 6) is -10.7. The van der Waals surface area contributed by atoms with E-state index >= 15 is 0 Å². The van der Waals surface area contributed by atoms with Crippen LogP contribution in [0.1, 0.15) is 54.4 Å². The molecule has 21 nitrogen and oxygen atoms in total. The van der Waals surface area contributed by atoms with Gasteiger partial charge in [-0.3, -0.25) is 43.7 Å². The van der Waals surface area contributed by atoms with Crippen molar-refractivity contribution in [1.29, 1.82) is 0 Å². The lowest BCUT2D eigenvalue weighted by Gasteiger charge is -2.16. The number of carboxylic acid groups (broad SMARTS) is 9. The molecule has 0 unspecified atom stereocenters. The van der Waals surface area contributed by atoms with Crippen LogP contribution in [0.3, 0.4) is 0 Å². The van der Waals surface area contributed by atoms with E-state index in [4.69, 9.17) is 80.5 Å². The Morgan fingerprint density at radius 2 is 0.683 bits per heavy atom. The van der Waals surface area contributed by atoms with E-state index in [9.17, 15) is 19.2 Å². The SMILES string of the molecule is CC(=O)O.CC(=O)O.CC(=O)O.CC(=O)O.CC(=O)O.CC(=O)O.NC(=O)CC[C@H](NC(C(=O)O)C(=O)O)C(=O)O. The summed E-state index contributed by atoms with van der Waals surface area (Å²) in [4.78, 5) is 96.2. The standard InChI is InChI=1S/C8H12N2O7.6C2H4O2/c9-4(11)2-1-3(6(12)13)10-5(7(14)15)8(16)17;6*1-2(3)4/h3,5,10H,1-2H2,(H2,9,11)(H,12,13)(H,14,15)(H,16,17);6*1H3,(H,3,4)/t3-;;;;;;/m0....../s1. The Morgan fingerprint density at radius 1 is 0.488 bits per heavy atom. The van der Waals surface area contributed by atoms with E-state index in [1.165, 1.54) is 0 Å². The van der Waals surface area contributed by atoms with Gasteiger partial charge in [0, 0.05) is 48.0 Å². The molecule has 21 heteroatoms. The number of carbonyl (C=O) groups is 10. The van der Waals surface area contributed by atoms with Crippen LogP contribution in [0.2, 0.25) is 0 Å². The van der Waals surface area contributed by atoms with E-state index in [1.54, 1.807) is 0 Å². The summed E-state index contributed by atoms with van der Waals surface area (Å²) in [6.45, 7) is 6.50. The molecule has 12 N–H and O–H groups in total. The Kier molecular flexibility index (Phi) is 44.1. The van der Waals surface area contributed by atoms with Crippen LogP contribution in [-0.4, -0.2) is 118 Å². The van der Waals surface area contributed by atoms with E-state index in [0.29, 0.717) is 0 Å². The van der Waals surface area contributed by atoms with Crippen LogP contribution in [0.15, 0.2) is 0 Å². The molecule has 0 fully saturated rings. The Hall–Kier alpha value is -5.34. The first-order chi connectivity index (χ1) is 18.1. The van der Waals surface area contributed by atoms with Gasteiger partial charge in [-0.05, 0) is 6.42 Å². The van der Waals surface area contributed by atoms with E-state index < -0.39 is 71.7 Å². The average molecular weight is 609 g/mol. The zero-order valence-corrected chi connectivity index (χ0v) is 22.8. The van der Waals surface area contributed by atoms with Gasteiger partial charge in [0.2, 0.25) is 11.9 Å². The monoisotopic (exact) mass is 608 g/mol. The van der Waals surface area contributed by atoms with Crippen molar-refractivity contribution in [3.8, 4) is 0 Å². The van der Waals surface area contributed by atoms with Crippen molar-refractivity contribution >= 4 is 59.6 Å². The van der Waals surface area contributed by atoms with Crippen molar-refractivity contribution in [2.24, 2.45) is 5.73 Å². The molecule has 0 aliphatic carbocycles. The Morgan fingerprint density at radius 3 is 0.805 bits per heavy atom. The van der Waals surface area contributed by atoms with Crippen molar-refractivity contribution in [2.75, 3.05) is 0 Å². The highest BCUT2D eigenvalue weighted by molar-refractivity contribution is 5.97. The highest BCUT2D eigenvalue weighted by atomic mass is 16.4. The second kappa shape index (κ2) is 34.7. The fourth-order valence-electron chi connectivity index (χ4n) is 1.01. The number of carbonyl (C=O) groups excluding carboxylic acids is 1. The molecular weight excluding hydrogens is 572 g/mol. The molecule has 0 saturated carbocycles. The van der Waals surface area contributed by atoms with E-state index in [2.05, 4.69) is 0 Å². The zero-order chi connectivity index (χ0) is 35.0. The molecule has 0 bridgehead atoms. The van der Waals surface area contributed by atoms with Gasteiger partial charge >= 0.3 is 17.9 Å². The Bertz CT molecular complexity index is 722. The molecular formula is C20H36N2O19. The average Bonchev–Trinajstić information content (AvgIpc) is 2.64. The van der Waals surface area contributed by atoms with Crippen molar-refractivity contribution in [2.45, 2.75) is 66.5 Å².